The van der Waals surface area contributed by atoms with Crippen LogP contribution < -0.4 is 0 Å². The molecular formula is C8H8N2O2. The predicted molar refractivity (Wildman–Crippen MR) is 43.7 cm³/mol. The van der Waals surface area contributed by atoms with Crippen molar-refractivity contribution in [1.29, 1.82) is 0 Å². The van der Waals surface area contributed by atoms with Crippen LogP contribution in [0.1, 0.15) is 5.69 Å². The molecule has 0 spiro atoms. The maximum Gasteiger partial charge on any atom is 0.116 e. The summed E-state index contributed by atoms with van der Waals surface area (Å²) in [6, 6.07) is 4.83. The van der Waals surface area contributed by atoms with Crippen molar-refractivity contribution < 1.29 is 10.2 Å². The van der Waals surface area contributed by atoms with Crippen LogP contribution in [0.25, 0.3) is 10.9 Å². The molecule has 0 amide bonds. The highest BCUT2D eigenvalue weighted by atomic mass is 16.3. The Kier molecular flexibility index (Phi) is 1.48. The minimum Gasteiger partial charge on any atom is -0.508 e. The number of aromatic amines is 1. The van der Waals surface area contributed by atoms with E-state index >= 15 is 0 Å². The maximum absolute atomic E-state index is 9.15. The summed E-state index contributed by atoms with van der Waals surface area (Å²) in [5.41, 5.74) is 1.37. The zero-order valence-corrected chi connectivity index (χ0v) is 6.28. The van der Waals surface area contributed by atoms with Crippen molar-refractivity contribution >= 4 is 10.9 Å². The molecule has 1 heterocycles. The molecule has 2 rings (SSSR count). The van der Waals surface area contributed by atoms with Gasteiger partial charge in [-0.3, -0.25) is 5.10 Å². The van der Waals surface area contributed by atoms with Gasteiger partial charge in [-0.25, -0.2) is 0 Å². The average Bonchev–Trinajstić information content (AvgIpc) is 2.46. The van der Waals surface area contributed by atoms with E-state index in [4.69, 9.17) is 10.2 Å². The Hall–Kier alpha value is -1.55. The van der Waals surface area contributed by atoms with Crippen molar-refractivity contribution in [3.05, 3.63) is 23.9 Å². The fourth-order valence-corrected chi connectivity index (χ4v) is 1.17. The molecular weight excluding hydrogens is 156 g/mol. The van der Waals surface area contributed by atoms with E-state index in [9.17, 15) is 0 Å². The smallest absolute Gasteiger partial charge is 0.116 e. The van der Waals surface area contributed by atoms with Crippen molar-refractivity contribution in [3.63, 3.8) is 0 Å². The van der Waals surface area contributed by atoms with Gasteiger partial charge in [0.05, 0.1) is 17.8 Å². The van der Waals surface area contributed by atoms with E-state index in [0.29, 0.717) is 5.69 Å². The summed E-state index contributed by atoms with van der Waals surface area (Å²) in [6.45, 7) is -0.0973. The van der Waals surface area contributed by atoms with E-state index in [-0.39, 0.29) is 12.4 Å². The molecule has 12 heavy (non-hydrogen) atoms. The Bertz CT molecular complexity index is 408. The summed E-state index contributed by atoms with van der Waals surface area (Å²) >= 11 is 0. The van der Waals surface area contributed by atoms with E-state index in [2.05, 4.69) is 10.2 Å². The van der Waals surface area contributed by atoms with Gasteiger partial charge in [0.25, 0.3) is 0 Å². The van der Waals surface area contributed by atoms with Crippen LogP contribution in [0.3, 0.4) is 0 Å². The Balaban J connectivity index is 2.75. The number of hydrogen-bond donors (Lipinski definition) is 3. The Morgan fingerprint density at radius 3 is 3.00 bits per heavy atom. The number of nitrogens with one attached hydrogen (secondary N) is 1. The van der Waals surface area contributed by atoms with E-state index in [1.807, 2.05) is 0 Å². The van der Waals surface area contributed by atoms with Gasteiger partial charge in [-0.2, -0.15) is 5.10 Å². The zero-order valence-electron chi connectivity index (χ0n) is 6.28. The molecule has 62 valence electrons. The molecule has 0 atom stereocenters. The third kappa shape index (κ3) is 0.931. The normalized spacial score (nSPS) is 10.8. The lowest BCUT2D eigenvalue weighted by molar-refractivity contribution is 0.278. The van der Waals surface area contributed by atoms with Crippen LogP contribution in [-0.4, -0.2) is 20.4 Å². The van der Waals surface area contributed by atoms with Crippen molar-refractivity contribution in [2.75, 3.05) is 0 Å². The summed E-state index contributed by atoms with van der Waals surface area (Å²) in [7, 11) is 0. The highest BCUT2D eigenvalue weighted by molar-refractivity contribution is 5.82. The number of rotatable bonds is 1. The fourth-order valence-electron chi connectivity index (χ4n) is 1.17. The molecule has 0 aliphatic heterocycles. The lowest BCUT2D eigenvalue weighted by atomic mass is 10.2. The van der Waals surface area contributed by atoms with Crippen molar-refractivity contribution in [2.45, 2.75) is 6.61 Å². The Labute approximate surface area is 68.5 Å². The van der Waals surface area contributed by atoms with Gasteiger partial charge in [-0.15, -0.1) is 0 Å². The third-order valence-electron chi connectivity index (χ3n) is 1.77. The molecule has 1 aromatic carbocycles. The molecule has 0 bridgehead atoms. The van der Waals surface area contributed by atoms with E-state index in [1.165, 1.54) is 0 Å². The minimum atomic E-state index is -0.0973. The van der Waals surface area contributed by atoms with Gasteiger partial charge >= 0.3 is 0 Å². The quantitative estimate of drug-likeness (QED) is 0.582. The van der Waals surface area contributed by atoms with Gasteiger partial charge in [-0.05, 0) is 18.2 Å². The Morgan fingerprint density at radius 1 is 1.42 bits per heavy atom. The van der Waals surface area contributed by atoms with Crippen LogP contribution in [0, 0.1) is 0 Å². The lowest BCUT2D eigenvalue weighted by Crippen LogP contribution is -1.82. The van der Waals surface area contributed by atoms with E-state index in [0.717, 1.165) is 10.9 Å². The van der Waals surface area contributed by atoms with Crippen LogP contribution in [0.15, 0.2) is 18.2 Å². The number of aromatic nitrogens is 2. The maximum atomic E-state index is 9.15. The molecule has 4 heteroatoms. The molecule has 3 N–H and O–H groups in total. The molecule has 0 fully saturated rings. The van der Waals surface area contributed by atoms with E-state index < -0.39 is 0 Å². The van der Waals surface area contributed by atoms with Gasteiger partial charge in [0.1, 0.15) is 5.75 Å². The summed E-state index contributed by atoms with van der Waals surface area (Å²) in [4.78, 5) is 0. The number of phenolic OH excluding ortho intramolecular Hbond substituents is 1. The van der Waals surface area contributed by atoms with Crippen molar-refractivity contribution in [2.24, 2.45) is 0 Å². The molecule has 0 aliphatic rings. The van der Waals surface area contributed by atoms with Crippen LogP contribution in [0.5, 0.6) is 5.75 Å². The first-order valence-corrected chi connectivity index (χ1v) is 3.58. The third-order valence-corrected chi connectivity index (χ3v) is 1.77. The molecule has 0 aliphatic carbocycles. The number of nitrogens with zero attached hydrogens (tertiary/aromatic N) is 1. The van der Waals surface area contributed by atoms with Gasteiger partial charge in [0, 0.05) is 5.39 Å². The number of benzene rings is 1. The molecule has 0 unspecified atom stereocenters. The van der Waals surface area contributed by atoms with Crippen molar-refractivity contribution in [3.8, 4) is 5.75 Å². The van der Waals surface area contributed by atoms with Gasteiger partial charge in [-0.1, -0.05) is 0 Å². The summed E-state index contributed by atoms with van der Waals surface area (Å²) in [5, 5.41) is 25.4. The monoisotopic (exact) mass is 164 g/mol. The zero-order chi connectivity index (χ0) is 8.55. The highest BCUT2D eigenvalue weighted by Gasteiger charge is 2.03. The molecule has 4 nitrogen and oxygen atoms in total. The number of aliphatic hydroxyl groups is 1. The summed E-state index contributed by atoms with van der Waals surface area (Å²) < 4.78 is 0. The second kappa shape index (κ2) is 2.49. The standard InChI is InChI=1S/C8H8N2O2/c11-4-8-6-3-5(12)1-2-7(6)9-10-8/h1-3,11-12H,4H2,(H,9,10). The number of phenols is 1. The topological polar surface area (TPSA) is 69.1 Å². The first-order chi connectivity index (χ1) is 5.81. The van der Waals surface area contributed by atoms with Crippen LogP contribution >= 0.6 is 0 Å². The number of aliphatic hydroxyl groups excluding tert-OH is 1. The SMILES string of the molecule is OCc1[nH]nc2ccc(O)cc12. The number of hydrogen-bond acceptors (Lipinski definition) is 3. The molecule has 0 radical (unpaired) electrons. The predicted octanol–water partition coefficient (Wildman–Crippen LogP) is 0.761. The highest BCUT2D eigenvalue weighted by Crippen LogP contribution is 2.20. The fraction of sp³-hybridized carbons (Fsp3) is 0.125. The second-order valence-corrected chi connectivity index (χ2v) is 2.56. The molecule has 0 saturated carbocycles. The van der Waals surface area contributed by atoms with E-state index in [1.54, 1.807) is 18.2 Å². The minimum absolute atomic E-state index is 0.0973. The van der Waals surface area contributed by atoms with Crippen LogP contribution in [-0.2, 0) is 6.61 Å². The van der Waals surface area contributed by atoms with Crippen molar-refractivity contribution in [1.82, 2.24) is 10.2 Å². The molecule has 0 saturated heterocycles. The first-order valence-electron chi connectivity index (χ1n) is 3.58. The van der Waals surface area contributed by atoms with Gasteiger partial charge in [0.15, 0.2) is 0 Å². The number of H-pyrrole nitrogens is 1. The number of fused-ring (bicyclic) bond motifs is 1. The number of aromatic hydroxyl groups is 1. The molecule has 1 aromatic heterocycles. The van der Waals surface area contributed by atoms with Crippen LogP contribution in [0.4, 0.5) is 0 Å². The summed E-state index contributed by atoms with van der Waals surface area (Å²) in [5.74, 6) is 0.179. The van der Waals surface area contributed by atoms with Crippen LogP contribution in [0.2, 0.25) is 0 Å². The Morgan fingerprint density at radius 2 is 2.25 bits per heavy atom. The van der Waals surface area contributed by atoms with Gasteiger partial charge in [0.2, 0.25) is 0 Å². The average molecular weight is 164 g/mol. The van der Waals surface area contributed by atoms with Gasteiger partial charge < -0.3 is 10.2 Å². The lowest BCUT2D eigenvalue weighted by Gasteiger charge is -1.92. The summed E-state index contributed by atoms with van der Waals surface area (Å²) in [6.07, 6.45) is 0. The molecule has 2 aromatic rings. The largest absolute Gasteiger partial charge is 0.508 e. The first kappa shape index (κ1) is 7.12. The second-order valence-electron chi connectivity index (χ2n) is 2.56.